The van der Waals surface area contributed by atoms with Gasteiger partial charge in [-0.25, -0.2) is 0 Å². The lowest BCUT2D eigenvalue weighted by atomic mass is 10.0. The number of amides is 4. The van der Waals surface area contributed by atoms with Gasteiger partial charge in [-0.05, 0) is 50.9 Å². The maximum absolute atomic E-state index is 13.5. The summed E-state index contributed by atoms with van der Waals surface area (Å²) in [5, 5.41) is 5.74. The smallest absolute Gasteiger partial charge is 0.255 e. The zero-order valence-corrected chi connectivity index (χ0v) is 22.5. The molecule has 4 amide bonds. The Kier molecular flexibility index (Phi) is 10.3. The molecule has 1 fully saturated rings. The van der Waals surface area contributed by atoms with E-state index in [0.717, 1.165) is 19.5 Å². The maximum atomic E-state index is 13.5. The SMILES string of the molecule is CC(C)C[C@@H]1NC(=O)CC[C@@H](C(=O)N2CCCN(C)CC2)NC(=O)c2ccccc2OCCN(C)C1=O. The number of hydrogen-bond donors (Lipinski definition) is 2. The first-order chi connectivity index (χ1) is 17.7. The summed E-state index contributed by atoms with van der Waals surface area (Å²) < 4.78 is 5.89. The predicted octanol–water partition coefficient (Wildman–Crippen LogP) is 1.11. The van der Waals surface area contributed by atoms with Gasteiger partial charge in [0, 0.05) is 33.1 Å². The Labute approximate surface area is 219 Å². The molecule has 37 heavy (non-hydrogen) atoms. The van der Waals surface area contributed by atoms with Crippen molar-refractivity contribution >= 4 is 23.6 Å². The van der Waals surface area contributed by atoms with Crippen molar-refractivity contribution in [2.75, 3.05) is 53.4 Å². The molecule has 2 atom stereocenters. The molecule has 2 heterocycles. The summed E-state index contributed by atoms with van der Waals surface area (Å²) in [5.41, 5.74) is 0.307. The molecule has 2 aliphatic rings. The van der Waals surface area contributed by atoms with Crippen molar-refractivity contribution in [2.24, 2.45) is 5.92 Å². The zero-order valence-electron chi connectivity index (χ0n) is 22.5. The van der Waals surface area contributed by atoms with Crippen LogP contribution in [-0.2, 0) is 14.4 Å². The number of nitrogens with one attached hydrogen (secondary N) is 2. The van der Waals surface area contributed by atoms with E-state index in [9.17, 15) is 19.2 Å². The minimum absolute atomic E-state index is 0.00810. The largest absolute Gasteiger partial charge is 0.491 e. The Hall–Kier alpha value is -3.14. The quantitative estimate of drug-likeness (QED) is 0.624. The highest BCUT2D eigenvalue weighted by molar-refractivity contribution is 5.99. The second-order valence-corrected chi connectivity index (χ2v) is 10.4. The third-order valence-corrected chi connectivity index (χ3v) is 6.83. The van der Waals surface area contributed by atoms with E-state index in [0.29, 0.717) is 37.4 Å². The van der Waals surface area contributed by atoms with E-state index >= 15 is 0 Å². The van der Waals surface area contributed by atoms with Gasteiger partial charge in [0.15, 0.2) is 0 Å². The van der Waals surface area contributed by atoms with Crippen LogP contribution in [0.4, 0.5) is 0 Å². The van der Waals surface area contributed by atoms with Crippen LogP contribution in [0.1, 0.15) is 49.9 Å². The molecule has 3 rings (SSSR count). The van der Waals surface area contributed by atoms with E-state index in [1.165, 1.54) is 0 Å². The molecule has 0 spiro atoms. The Balaban J connectivity index is 1.87. The Morgan fingerprint density at radius 2 is 1.78 bits per heavy atom. The molecule has 1 aromatic carbocycles. The predicted molar refractivity (Wildman–Crippen MR) is 140 cm³/mol. The van der Waals surface area contributed by atoms with Gasteiger partial charge in [-0.3, -0.25) is 19.2 Å². The zero-order chi connectivity index (χ0) is 26.9. The number of rotatable bonds is 3. The first-order valence-corrected chi connectivity index (χ1v) is 13.2. The lowest BCUT2D eigenvalue weighted by Gasteiger charge is -2.27. The second kappa shape index (κ2) is 13.4. The molecule has 10 heteroatoms. The van der Waals surface area contributed by atoms with Crippen LogP contribution in [0.15, 0.2) is 24.3 Å². The topological polar surface area (TPSA) is 111 Å². The monoisotopic (exact) mass is 515 g/mol. The highest BCUT2D eigenvalue weighted by Gasteiger charge is 2.30. The molecule has 1 aromatic rings. The number of fused-ring (bicyclic) bond motifs is 1. The molecule has 0 radical (unpaired) electrons. The number of carbonyl (C=O) groups is 4. The molecule has 204 valence electrons. The minimum atomic E-state index is -0.873. The third-order valence-electron chi connectivity index (χ3n) is 6.83. The van der Waals surface area contributed by atoms with Crippen molar-refractivity contribution < 1.29 is 23.9 Å². The van der Waals surface area contributed by atoms with Crippen LogP contribution < -0.4 is 15.4 Å². The molecule has 10 nitrogen and oxygen atoms in total. The summed E-state index contributed by atoms with van der Waals surface area (Å²) >= 11 is 0. The van der Waals surface area contributed by atoms with Crippen molar-refractivity contribution in [3.63, 3.8) is 0 Å². The van der Waals surface area contributed by atoms with Gasteiger partial charge in [0.2, 0.25) is 17.7 Å². The van der Waals surface area contributed by atoms with Gasteiger partial charge in [0.25, 0.3) is 5.91 Å². The van der Waals surface area contributed by atoms with E-state index < -0.39 is 18.0 Å². The fourth-order valence-corrected chi connectivity index (χ4v) is 4.66. The molecule has 0 bridgehead atoms. The van der Waals surface area contributed by atoms with E-state index in [1.807, 2.05) is 20.9 Å². The first kappa shape index (κ1) is 28.4. The average Bonchev–Trinajstić information content (AvgIpc) is 3.09. The molecule has 0 saturated carbocycles. The summed E-state index contributed by atoms with van der Waals surface area (Å²) in [6.45, 7) is 7.27. The number of carbonyl (C=O) groups excluding carboxylic acids is 4. The normalized spacial score (nSPS) is 23.2. The van der Waals surface area contributed by atoms with Crippen molar-refractivity contribution in [3.05, 3.63) is 29.8 Å². The van der Waals surface area contributed by atoms with Crippen molar-refractivity contribution in [2.45, 2.75) is 51.6 Å². The molecule has 0 aromatic heterocycles. The van der Waals surface area contributed by atoms with Crippen molar-refractivity contribution in [1.82, 2.24) is 25.3 Å². The fourth-order valence-electron chi connectivity index (χ4n) is 4.66. The molecule has 1 saturated heterocycles. The summed E-state index contributed by atoms with van der Waals surface area (Å²) in [4.78, 5) is 58.4. The van der Waals surface area contributed by atoms with Crippen molar-refractivity contribution in [1.29, 1.82) is 0 Å². The molecular weight excluding hydrogens is 474 g/mol. The van der Waals surface area contributed by atoms with Crippen molar-refractivity contribution in [3.8, 4) is 5.75 Å². The average molecular weight is 516 g/mol. The second-order valence-electron chi connectivity index (χ2n) is 10.4. The highest BCUT2D eigenvalue weighted by Crippen LogP contribution is 2.19. The van der Waals surface area contributed by atoms with E-state index in [4.69, 9.17) is 4.74 Å². The van der Waals surface area contributed by atoms with Crippen LogP contribution in [0.2, 0.25) is 0 Å². The van der Waals surface area contributed by atoms with Crippen LogP contribution in [0.5, 0.6) is 5.75 Å². The van der Waals surface area contributed by atoms with Gasteiger partial charge in [0.1, 0.15) is 24.4 Å². The van der Waals surface area contributed by atoms with Crippen LogP contribution in [-0.4, -0.2) is 104 Å². The van der Waals surface area contributed by atoms with Crippen LogP contribution in [0.3, 0.4) is 0 Å². The number of benzene rings is 1. The summed E-state index contributed by atoms with van der Waals surface area (Å²) in [6.07, 6.45) is 1.48. The number of hydrogen-bond acceptors (Lipinski definition) is 6. The van der Waals surface area contributed by atoms with Crippen LogP contribution in [0, 0.1) is 5.92 Å². The molecular formula is C27H41N5O5. The van der Waals surface area contributed by atoms with E-state index in [1.54, 1.807) is 41.1 Å². The molecule has 0 unspecified atom stereocenters. The van der Waals surface area contributed by atoms with E-state index in [-0.39, 0.29) is 43.1 Å². The Morgan fingerprint density at radius 1 is 1.03 bits per heavy atom. The number of nitrogens with zero attached hydrogens (tertiary/aromatic N) is 3. The number of para-hydroxylation sites is 1. The third kappa shape index (κ3) is 8.18. The standard InChI is InChI=1S/C27H41N5O5/c1-19(2)18-22-26(35)31(4)16-17-37-23-9-6-5-8-20(23)25(34)29-21(10-11-24(33)28-22)27(36)32-13-7-12-30(3)14-15-32/h5-6,8-9,19,21-22H,7,10-18H2,1-4H3,(H,28,33)(H,29,34)/t21-,22-/m0/s1. The minimum Gasteiger partial charge on any atom is -0.491 e. The van der Waals surface area contributed by atoms with Gasteiger partial charge in [0.05, 0.1) is 12.1 Å². The molecule has 0 aliphatic carbocycles. The van der Waals surface area contributed by atoms with Gasteiger partial charge >= 0.3 is 0 Å². The summed E-state index contributed by atoms with van der Waals surface area (Å²) in [7, 11) is 3.70. The summed E-state index contributed by atoms with van der Waals surface area (Å²) in [6, 6.07) is 5.31. The Bertz CT molecular complexity index is 968. The molecule has 2 N–H and O–H groups in total. The van der Waals surface area contributed by atoms with Crippen LogP contribution in [0.25, 0.3) is 0 Å². The number of ether oxygens (including phenoxy) is 1. The first-order valence-electron chi connectivity index (χ1n) is 13.2. The van der Waals surface area contributed by atoms with Gasteiger partial charge in [-0.15, -0.1) is 0 Å². The highest BCUT2D eigenvalue weighted by atomic mass is 16.5. The Morgan fingerprint density at radius 3 is 2.54 bits per heavy atom. The maximum Gasteiger partial charge on any atom is 0.255 e. The summed E-state index contributed by atoms with van der Waals surface area (Å²) in [5.74, 6) is -0.563. The van der Waals surface area contributed by atoms with Gasteiger partial charge in [-0.1, -0.05) is 26.0 Å². The van der Waals surface area contributed by atoms with Gasteiger partial charge in [-0.2, -0.15) is 0 Å². The molecule has 2 aliphatic heterocycles. The fraction of sp³-hybridized carbons (Fsp3) is 0.630. The van der Waals surface area contributed by atoms with Crippen LogP contribution >= 0.6 is 0 Å². The lowest BCUT2D eigenvalue weighted by molar-refractivity contribution is -0.136. The number of likely N-dealkylation sites (N-methyl/N-ethyl adjacent to an activating group) is 2. The lowest BCUT2D eigenvalue weighted by Crippen LogP contribution is -2.51. The van der Waals surface area contributed by atoms with E-state index in [2.05, 4.69) is 15.5 Å². The van der Waals surface area contributed by atoms with Gasteiger partial charge < -0.3 is 30.1 Å².